The summed E-state index contributed by atoms with van der Waals surface area (Å²) in [7, 11) is 1.60. The number of hydrogen-bond donors (Lipinski definition) is 1. The van der Waals surface area contributed by atoms with Gasteiger partial charge in [0.2, 0.25) is 0 Å². The van der Waals surface area contributed by atoms with Gasteiger partial charge in [0, 0.05) is 23.4 Å². The molecule has 8 nitrogen and oxygen atoms in total. The van der Waals surface area contributed by atoms with E-state index in [4.69, 9.17) is 14.2 Å². The zero-order valence-corrected chi connectivity index (χ0v) is 18.9. The summed E-state index contributed by atoms with van der Waals surface area (Å²) in [5.74, 6) is 1.11. The summed E-state index contributed by atoms with van der Waals surface area (Å²) in [4.78, 5) is 24.7. The number of ether oxygens (including phenoxy) is 3. The van der Waals surface area contributed by atoms with E-state index < -0.39 is 6.09 Å². The zero-order valence-electron chi connectivity index (χ0n) is 18.9. The van der Waals surface area contributed by atoms with E-state index in [0.29, 0.717) is 35.9 Å². The van der Waals surface area contributed by atoms with Crippen LogP contribution in [0.2, 0.25) is 0 Å². The molecule has 32 heavy (non-hydrogen) atoms. The van der Waals surface area contributed by atoms with Crippen molar-refractivity contribution in [3.63, 3.8) is 0 Å². The topological polar surface area (TPSA) is 89.5 Å². The van der Waals surface area contributed by atoms with Crippen molar-refractivity contribution in [1.82, 2.24) is 5.01 Å². The molecule has 3 rings (SSSR count). The van der Waals surface area contributed by atoms with Crippen molar-refractivity contribution in [2.24, 2.45) is 5.10 Å². The van der Waals surface area contributed by atoms with Gasteiger partial charge in [-0.15, -0.1) is 0 Å². The van der Waals surface area contributed by atoms with Gasteiger partial charge in [-0.25, -0.2) is 9.80 Å². The Bertz CT molecular complexity index is 986. The summed E-state index contributed by atoms with van der Waals surface area (Å²) in [6.07, 6.45) is 0.830. The molecule has 0 unspecified atom stereocenters. The fourth-order valence-electron chi connectivity index (χ4n) is 3.32. The highest BCUT2D eigenvalue weighted by Gasteiger charge is 2.21. The van der Waals surface area contributed by atoms with Gasteiger partial charge < -0.3 is 14.2 Å². The van der Waals surface area contributed by atoms with Crippen molar-refractivity contribution < 1.29 is 23.8 Å². The van der Waals surface area contributed by atoms with E-state index in [1.807, 2.05) is 25.1 Å². The van der Waals surface area contributed by atoms with Crippen LogP contribution in [-0.4, -0.2) is 49.1 Å². The second kappa shape index (κ2) is 10.7. The van der Waals surface area contributed by atoms with Crippen molar-refractivity contribution in [2.75, 3.05) is 25.6 Å². The van der Waals surface area contributed by atoms with Gasteiger partial charge in [-0.05, 0) is 76.1 Å². The van der Waals surface area contributed by atoms with Crippen LogP contribution in [0.15, 0.2) is 47.6 Å². The van der Waals surface area contributed by atoms with Crippen LogP contribution >= 0.6 is 0 Å². The molecule has 0 saturated carbocycles. The van der Waals surface area contributed by atoms with Crippen LogP contribution in [0.5, 0.6) is 11.5 Å². The fraction of sp³-hybridized carbons (Fsp3) is 0.375. The Hall–Kier alpha value is -3.55. The quantitative estimate of drug-likeness (QED) is 0.676. The summed E-state index contributed by atoms with van der Waals surface area (Å²) in [5.41, 5.74) is 2.76. The average Bonchev–Trinajstić information content (AvgIpc) is 2.79. The van der Waals surface area contributed by atoms with Gasteiger partial charge >= 0.3 is 6.09 Å². The van der Waals surface area contributed by atoms with Crippen LogP contribution < -0.4 is 14.8 Å². The molecule has 0 aromatic heterocycles. The predicted octanol–water partition coefficient (Wildman–Crippen LogP) is 4.69. The molecule has 0 bridgehead atoms. The monoisotopic (exact) mass is 439 g/mol. The van der Waals surface area contributed by atoms with Gasteiger partial charge in [-0.2, -0.15) is 5.10 Å². The van der Waals surface area contributed by atoms with E-state index in [1.165, 1.54) is 5.01 Å². The van der Waals surface area contributed by atoms with Crippen molar-refractivity contribution in [2.45, 2.75) is 39.7 Å². The van der Waals surface area contributed by atoms with Crippen molar-refractivity contribution in [3.8, 4) is 11.5 Å². The van der Waals surface area contributed by atoms with Crippen LogP contribution in [0.1, 0.15) is 49.5 Å². The Morgan fingerprint density at radius 2 is 1.88 bits per heavy atom. The molecule has 1 aliphatic heterocycles. The molecule has 2 amide bonds. The maximum Gasteiger partial charge on any atom is 0.411 e. The first-order valence-corrected chi connectivity index (χ1v) is 10.7. The molecule has 2 aromatic rings. The molecular weight excluding hydrogens is 410 g/mol. The predicted molar refractivity (Wildman–Crippen MR) is 123 cm³/mol. The highest BCUT2D eigenvalue weighted by Crippen LogP contribution is 2.29. The SMILES string of the molecule is CCOc1cc(C2=NN(C(=O)c3ccc(NC(=O)OC(C)C)cc3)CCC2)ccc1OC. The number of carbonyl (C=O) groups excluding carboxylic acids is 2. The Morgan fingerprint density at radius 3 is 2.53 bits per heavy atom. The Kier molecular flexibility index (Phi) is 7.70. The van der Waals surface area contributed by atoms with Crippen LogP contribution in [0.25, 0.3) is 0 Å². The average molecular weight is 440 g/mol. The number of nitrogens with zero attached hydrogens (tertiary/aromatic N) is 2. The van der Waals surface area contributed by atoms with E-state index in [0.717, 1.165) is 24.1 Å². The number of amides is 2. The lowest BCUT2D eigenvalue weighted by atomic mass is 10.0. The molecule has 0 atom stereocenters. The molecule has 0 spiro atoms. The molecule has 0 fully saturated rings. The fourth-order valence-corrected chi connectivity index (χ4v) is 3.32. The van der Waals surface area contributed by atoms with Crippen molar-refractivity contribution in [1.29, 1.82) is 0 Å². The van der Waals surface area contributed by atoms with Crippen molar-refractivity contribution in [3.05, 3.63) is 53.6 Å². The molecule has 0 radical (unpaired) electrons. The number of hydrazone groups is 1. The lowest BCUT2D eigenvalue weighted by molar-refractivity contribution is 0.0751. The molecule has 1 aliphatic rings. The Morgan fingerprint density at radius 1 is 1.12 bits per heavy atom. The minimum Gasteiger partial charge on any atom is -0.493 e. The largest absolute Gasteiger partial charge is 0.493 e. The number of nitrogens with one attached hydrogen (secondary N) is 1. The zero-order chi connectivity index (χ0) is 23.1. The maximum atomic E-state index is 13.0. The Balaban J connectivity index is 1.74. The summed E-state index contributed by atoms with van der Waals surface area (Å²) in [6.45, 7) is 6.53. The third-order valence-electron chi connectivity index (χ3n) is 4.78. The van der Waals surface area contributed by atoms with Crippen LogP contribution in [-0.2, 0) is 4.74 Å². The standard InChI is InChI=1S/C24H29N3O5/c1-5-31-22-15-18(10-13-21(22)30-4)20-7-6-14-27(26-20)23(28)17-8-11-19(12-9-17)25-24(29)32-16(2)3/h8-13,15-16H,5-7,14H2,1-4H3,(H,25,29). The highest BCUT2D eigenvalue weighted by molar-refractivity contribution is 6.03. The van der Waals surface area contributed by atoms with Crippen LogP contribution in [0.4, 0.5) is 10.5 Å². The molecule has 0 saturated heterocycles. The molecule has 2 aromatic carbocycles. The first-order chi connectivity index (χ1) is 15.4. The molecule has 1 N–H and O–H groups in total. The Labute approximate surface area is 188 Å². The lowest BCUT2D eigenvalue weighted by Crippen LogP contribution is -2.32. The minimum absolute atomic E-state index is 0.197. The molecule has 170 valence electrons. The van der Waals surface area contributed by atoms with Gasteiger partial charge in [0.05, 0.1) is 25.5 Å². The van der Waals surface area contributed by atoms with Crippen LogP contribution in [0.3, 0.4) is 0 Å². The maximum absolute atomic E-state index is 13.0. The summed E-state index contributed by atoms with van der Waals surface area (Å²) < 4.78 is 16.1. The third kappa shape index (κ3) is 5.78. The molecular formula is C24H29N3O5. The number of rotatable bonds is 7. The van der Waals surface area contributed by atoms with E-state index >= 15 is 0 Å². The van der Waals surface area contributed by atoms with Gasteiger partial charge in [-0.3, -0.25) is 10.1 Å². The van der Waals surface area contributed by atoms with E-state index in [2.05, 4.69) is 10.4 Å². The third-order valence-corrected chi connectivity index (χ3v) is 4.78. The highest BCUT2D eigenvalue weighted by atomic mass is 16.6. The normalized spacial score (nSPS) is 13.4. The number of anilines is 1. The van der Waals surface area contributed by atoms with Gasteiger partial charge in [-0.1, -0.05) is 0 Å². The number of carbonyl (C=O) groups is 2. The molecule has 8 heteroatoms. The second-order valence-electron chi connectivity index (χ2n) is 7.53. The van der Waals surface area contributed by atoms with Crippen molar-refractivity contribution >= 4 is 23.4 Å². The second-order valence-corrected chi connectivity index (χ2v) is 7.53. The number of methoxy groups -OCH3 is 1. The summed E-state index contributed by atoms with van der Waals surface area (Å²) in [5, 5.41) is 8.72. The number of benzene rings is 2. The number of hydrogen-bond acceptors (Lipinski definition) is 6. The first kappa shape index (κ1) is 23.1. The van der Waals surface area contributed by atoms with E-state index in [-0.39, 0.29) is 12.0 Å². The first-order valence-electron chi connectivity index (χ1n) is 10.7. The van der Waals surface area contributed by atoms with Gasteiger partial charge in [0.15, 0.2) is 11.5 Å². The summed E-state index contributed by atoms with van der Waals surface area (Å²) >= 11 is 0. The summed E-state index contributed by atoms with van der Waals surface area (Å²) in [6, 6.07) is 12.3. The van der Waals surface area contributed by atoms with Crippen LogP contribution in [0, 0.1) is 0 Å². The smallest absolute Gasteiger partial charge is 0.411 e. The van der Waals surface area contributed by atoms with E-state index in [1.54, 1.807) is 45.2 Å². The van der Waals surface area contributed by atoms with E-state index in [9.17, 15) is 9.59 Å². The van der Waals surface area contributed by atoms with Gasteiger partial charge in [0.1, 0.15) is 0 Å². The lowest BCUT2D eigenvalue weighted by Gasteiger charge is -2.24. The molecule has 0 aliphatic carbocycles. The minimum atomic E-state index is -0.532. The molecule has 1 heterocycles. The van der Waals surface area contributed by atoms with Gasteiger partial charge in [0.25, 0.3) is 5.91 Å².